The number of carbonyl (C=O) groups is 1. The first-order valence-electron chi connectivity index (χ1n) is 10.6. The van der Waals surface area contributed by atoms with Crippen LogP contribution in [0.15, 0.2) is 67.3 Å². The molecule has 1 spiro atoms. The van der Waals surface area contributed by atoms with Crippen LogP contribution in [0.25, 0.3) is 22.0 Å². The number of hydrogen-bond acceptors (Lipinski definition) is 6. The number of ether oxygens (including phenoxy) is 1. The van der Waals surface area contributed by atoms with Gasteiger partial charge < -0.3 is 14.5 Å². The normalized spacial score (nSPS) is 16.7. The molecular weight excluding hydrogens is 404 g/mol. The third-order valence-electron chi connectivity index (χ3n) is 6.37. The van der Waals surface area contributed by atoms with Crippen LogP contribution in [0.3, 0.4) is 0 Å². The summed E-state index contributed by atoms with van der Waals surface area (Å²) in [7, 11) is 1.62. The third-order valence-corrected chi connectivity index (χ3v) is 6.37. The predicted molar refractivity (Wildman–Crippen MR) is 121 cm³/mol. The van der Waals surface area contributed by atoms with Crippen LogP contribution in [-0.4, -0.2) is 64.0 Å². The maximum Gasteiger partial charge on any atom is 0.344 e. The Kier molecular flexibility index (Phi) is 4.14. The summed E-state index contributed by atoms with van der Waals surface area (Å²) < 4.78 is 6.61. The molecule has 0 radical (unpaired) electrons. The van der Waals surface area contributed by atoms with Crippen molar-refractivity contribution in [2.24, 2.45) is 5.41 Å². The summed E-state index contributed by atoms with van der Waals surface area (Å²) in [6.45, 7) is 3.41. The zero-order valence-electron chi connectivity index (χ0n) is 17.7. The molecule has 2 saturated heterocycles. The lowest BCUT2D eigenvalue weighted by molar-refractivity contribution is 0.00728. The smallest absolute Gasteiger partial charge is 0.344 e. The van der Waals surface area contributed by atoms with Gasteiger partial charge in [0.2, 0.25) is 5.88 Å². The van der Waals surface area contributed by atoms with Gasteiger partial charge in [0.05, 0.1) is 24.5 Å². The lowest BCUT2D eigenvalue weighted by atomic mass is 9.73. The molecule has 2 aliphatic rings. The molecule has 0 N–H and O–H groups in total. The Morgan fingerprint density at radius 2 is 1.91 bits per heavy atom. The number of methoxy groups -OCH3 is 1. The molecule has 0 unspecified atom stereocenters. The molecule has 4 aromatic rings. The molecule has 0 saturated carbocycles. The van der Waals surface area contributed by atoms with Gasteiger partial charge in [-0.25, -0.2) is 9.78 Å². The molecule has 6 rings (SSSR count). The fraction of sp³-hybridized carbons (Fsp3) is 0.250. The van der Waals surface area contributed by atoms with Crippen molar-refractivity contribution in [2.45, 2.75) is 0 Å². The maximum atomic E-state index is 12.4. The van der Waals surface area contributed by atoms with Crippen molar-refractivity contribution in [1.82, 2.24) is 24.6 Å². The number of fused-ring (bicyclic) bond motifs is 1. The lowest BCUT2D eigenvalue weighted by Gasteiger charge is -2.60. The van der Waals surface area contributed by atoms with E-state index in [-0.39, 0.29) is 11.4 Å². The number of amides is 1. The van der Waals surface area contributed by atoms with Crippen molar-refractivity contribution in [3.8, 4) is 17.0 Å². The van der Waals surface area contributed by atoms with E-state index in [1.807, 2.05) is 35.5 Å². The average Bonchev–Trinajstić information content (AvgIpc) is 3.31. The van der Waals surface area contributed by atoms with Gasteiger partial charge in [0.1, 0.15) is 0 Å². The highest BCUT2D eigenvalue weighted by Gasteiger charge is 2.53. The second-order valence-electron chi connectivity index (χ2n) is 8.64. The lowest BCUT2D eigenvalue weighted by Crippen LogP contribution is -2.73. The second-order valence-corrected chi connectivity index (χ2v) is 8.64. The van der Waals surface area contributed by atoms with E-state index >= 15 is 0 Å². The Balaban J connectivity index is 1.15. The Morgan fingerprint density at radius 1 is 1.03 bits per heavy atom. The molecule has 0 aliphatic carbocycles. The first kappa shape index (κ1) is 18.8. The number of nitrogens with zero attached hydrogens (tertiary/aromatic N) is 6. The van der Waals surface area contributed by atoms with Crippen LogP contribution in [0.5, 0.6) is 5.88 Å². The minimum atomic E-state index is -0.0499. The molecule has 5 heterocycles. The molecule has 0 atom stereocenters. The molecule has 1 aromatic carbocycles. The van der Waals surface area contributed by atoms with Gasteiger partial charge in [-0.1, -0.05) is 6.07 Å². The number of benzene rings is 1. The quantitative estimate of drug-likeness (QED) is 0.500. The summed E-state index contributed by atoms with van der Waals surface area (Å²) in [6, 6.07) is 14.0. The SMILES string of the molecule is COc1ccc2cc(-c3cncc(N4CC5(CN(C(=O)n6cccn6)C5)C4)c3)ccc2n1. The molecule has 160 valence electrons. The predicted octanol–water partition coefficient (Wildman–Crippen LogP) is 3.29. The highest BCUT2D eigenvalue weighted by molar-refractivity contribution is 5.85. The number of aromatic nitrogens is 4. The number of pyridine rings is 2. The Labute approximate surface area is 185 Å². The van der Waals surface area contributed by atoms with Crippen molar-refractivity contribution >= 4 is 22.6 Å². The minimum Gasteiger partial charge on any atom is -0.481 e. The van der Waals surface area contributed by atoms with Gasteiger partial charge in [0.25, 0.3) is 0 Å². The van der Waals surface area contributed by atoms with Crippen molar-refractivity contribution < 1.29 is 9.53 Å². The van der Waals surface area contributed by atoms with E-state index in [0.29, 0.717) is 5.88 Å². The van der Waals surface area contributed by atoms with Crippen molar-refractivity contribution in [1.29, 1.82) is 0 Å². The molecule has 8 nitrogen and oxygen atoms in total. The maximum absolute atomic E-state index is 12.4. The molecule has 32 heavy (non-hydrogen) atoms. The summed E-state index contributed by atoms with van der Waals surface area (Å²) >= 11 is 0. The van der Waals surface area contributed by atoms with Crippen molar-refractivity contribution in [3.05, 3.63) is 67.3 Å². The summed E-state index contributed by atoms with van der Waals surface area (Å²) in [6.07, 6.45) is 7.12. The molecule has 8 heteroatoms. The molecule has 3 aromatic heterocycles. The highest BCUT2D eigenvalue weighted by atomic mass is 16.5. The summed E-state index contributed by atoms with van der Waals surface area (Å²) in [5, 5.41) is 5.10. The number of anilines is 1. The van der Waals surface area contributed by atoms with Gasteiger partial charge in [-0.2, -0.15) is 9.78 Å². The number of likely N-dealkylation sites (tertiary alicyclic amines) is 1. The second kappa shape index (κ2) is 7.05. The van der Waals surface area contributed by atoms with Gasteiger partial charge in [0.15, 0.2) is 0 Å². The van der Waals surface area contributed by atoms with Crippen LogP contribution in [0.1, 0.15) is 0 Å². The number of hydrogen-bond donors (Lipinski definition) is 0. The van der Waals surface area contributed by atoms with Gasteiger partial charge in [0, 0.05) is 67.2 Å². The van der Waals surface area contributed by atoms with Crippen LogP contribution < -0.4 is 9.64 Å². The van der Waals surface area contributed by atoms with E-state index in [1.165, 1.54) is 4.68 Å². The molecule has 0 bridgehead atoms. The van der Waals surface area contributed by atoms with Gasteiger partial charge in [-0.15, -0.1) is 0 Å². The van der Waals surface area contributed by atoms with E-state index in [2.05, 4.69) is 38.2 Å². The van der Waals surface area contributed by atoms with Crippen LogP contribution in [0.4, 0.5) is 10.5 Å². The van der Waals surface area contributed by atoms with Crippen LogP contribution in [-0.2, 0) is 0 Å². The van der Waals surface area contributed by atoms with E-state index in [1.54, 1.807) is 25.6 Å². The van der Waals surface area contributed by atoms with Crippen molar-refractivity contribution in [2.75, 3.05) is 38.2 Å². The van der Waals surface area contributed by atoms with E-state index in [9.17, 15) is 4.79 Å². The third kappa shape index (κ3) is 3.07. The zero-order chi connectivity index (χ0) is 21.7. The Bertz CT molecular complexity index is 1310. The number of carbonyl (C=O) groups excluding carboxylic acids is 1. The van der Waals surface area contributed by atoms with Crippen LogP contribution >= 0.6 is 0 Å². The topological polar surface area (TPSA) is 76.4 Å². The fourth-order valence-corrected chi connectivity index (χ4v) is 4.73. The first-order valence-corrected chi connectivity index (χ1v) is 10.6. The van der Waals surface area contributed by atoms with Crippen LogP contribution in [0, 0.1) is 5.41 Å². The summed E-state index contributed by atoms with van der Waals surface area (Å²) in [5.41, 5.74) is 4.38. The Morgan fingerprint density at radius 3 is 2.69 bits per heavy atom. The Hall–Kier alpha value is -3.94. The summed E-state index contributed by atoms with van der Waals surface area (Å²) in [4.78, 5) is 25.6. The standard InChI is InChI=1S/C24H22N6O2/c1-32-22-6-4-18-9-17(3-5-21(18)27-22)19-10-20(12-25-11-19)28-13-24(14-28)15-29(16-24)23(31)30-8-2-7-26-30/h2-12H,13-16H2,1H3. The minimum absolute atomic E-state index is 0.0499. The van der Waals surface area contributed by atoms with E-state index in [0.717, 1.165) is 53.9 Å². The monoisotopic (exact) mass is 426 g/mol. The summed E-state index contributed by atoms with van der Waals surface area (Å²) in [5.74, 6) is 0.613. The van der Waals surface area contributed by atoms with Gasteiger partial charge in [-0.05, 0) is 35.9 Å². The molecule has 2 fully saturated rings. The first-order chi connectivity index (χ1) is 15.6. The van der Waals surface area contributed by atoms with Gasteiger partial charge >= 0.3 is 6.03 Å². The molecule has 1 amide bonds. The average molecular weight is 426 g/mol. The van der Waals surface area contributed by atoms with E-state index in [4.69, 9.17) is 4.74 Å². The zero-order valence-corrected chi connectivity index (χ0v) is 17.7. The molecule has 2 aliphatic heterocycles. The highest BCUT2D eigenvalue weighted by Crippen LogP contribution is 2.42. The van der Waals surface area contributed by atoms with Crippen LogP contribution in [0.2, 0.25) is 0 Å². The van der Waals surface area contributed by atoms with Crippen molar-refractivity contribution in [3.63, 3.8) is 0 Å². The number of rotatable bonds is 3. The molecular formula is C24H22N6O2. The van der Waals surface area contributed by atoms with E-state index < -0.39 is 0 Å². The van der Waals surface area contributed by atoms with Gasteiger partial charge in [-0.3, -0.25) is 4.98 Å². The fourth-order valence-electron chi connectivity index (χ4n) is 4.73. The largest absolute Gasteiger partial charge is 0.481 e.